The van der Waals surface area contributed by atoms with Crippen molar-refractivity contribution >= 4 is 0 Å². The highest BCUT2D eigenvalue weighted by molar-refractivity contribution is 5.37. The molecule has 0 radical (unpaired) electrons. The van der Waals surface area contributed by atoms with Crippen molar-refractivity contribution in [1.29, 1.82) is 0 Å². The van der Waals surface area contributed by atoms with E-state index in [1.807, 2.05) is 0 Å². The van der Waals surface area contributed by atoms with E-state index in [2.05, 4.69) is 37.4 Å². The van der Waals surface area contributed by atoms with Crippen LogP contribution in [0.4, 0.5) is 0 Å². The number of hydrogen-bond acceptors (Lipinski definition) is 2. The lowest BCUT2D eigenvalue weighted by molar-refractivity contribution is 0.0981. The van der Waals surface area contributed by atoms with Gasteiger partial charge < -0.3 is 10.1 Å². The van der Waals surface area contributed by atoms with Gasteiger partial charge >= 0.3 is 0 Å². The summed E-state index contributed by atoms with van der Waals surface area (Å²) in [5.41, 5.74) is 3.27. The molecule has 20 heavy (non-hydrogen) atoms. The summed E-state index contributed by atoms with van der Waals surface area (Å²) in [5.74, 6) is 1.96. The Hall–Kier alpha value is -1.02. The summed E-state index contributed by atoms with van der Waals surface area (Å²) in [6.07, 6.45) is 6.46. The van der Waals surface area contributed by atoms with Gasteiger partial charge in [-0.1, -0.05) is 32.8 Å². The molecule has 3 rings (SSSR count). The molecule has 0 bridgehead atoms. The van der Waals surface area contributed by atoms with E-state index in [1.165, 1.54) is 36.8 Å². The molecular formula is C18H27NO. The lowest BCUT2D eigenvalue weighted by Gasteiger charge is -2.36. The van der Waals surface area contributed by atoms with Crippen LogP contribution < -0.4 is 10.1 Å². The number of rotatable bonds is 3. The lowest BCUT2D eigenvalue weighted by atomic mass is 9.73. The molecule has 1 aromatic carbocycles. The zero-order valence-electron chi connectivity index (χ0n) is 12.9. The van der Waals surface area contributed by atoms with Gasteiger partial charge in [0.25, 0.3) is 0 Å². The van der Waals surface area contributed by atoms with Gasteiger partial charge in [-0.2, -0.15) is 0 Å². The average Bonchev–Trinajstić information content (AvgIpc) is 2.48. The van der Waals surface area contributed by atoms with E-state index in [4.69, 9.17) is 4.74 Å². The van der Waals surface area contributed by atoms with Gasteiger partial charge in [-0.3, -0.25) is 0 Å². The third kappa shape index (κ3) is 3.17. The Labute approximate surface area is 122 Å². The fraction of sp³-hybridized carbons (Fsp3) is 0.667. The predicted octanol–water partition coefficient (Wildman–Crippen LogP) is 3.93. The molecule has 0 amide bonds. The van der Waals surface area contributed by atoms with Crippen LogP contribution in [0.1, 0.15) is 50.7 Å². The first-order chi connectivity index (χ1) is 9.65. The van der Waals surface area contributed by atoms with E-state index in [0.29, 0.717) is 5.41 Å². The van der Waals surface area contributed by atoms with Gasteiger partial charge in [-0.15, -0.1) is 0 Å². The molecule has 1 saturated carbocycles. The summed E-state index contributed by atoms with van der Waals surface area (Å²) >= 11 is 0. The normalized spacial score (nSPS) is 29.8. The fourth-order valence-electron chi connectivity index (χ4n) is 3.40. The van der Waals surface area contributed by atoms with Crippen molar-refractivity contribution in [2.75, 3.05) is 13.2 Å². The van der Waals surface area contributed by atoms with Crippen molar-refractivity contribution in [3.05, 3.63) is 29.3 Å². The van der Waals surface area contributed by atoms with Crippen LogP contribution in [-0.4, -0.2) is 13.2 Å². The zero-order valence-corrected chi connectivity index (χ0v) is 12.9. The van der Waals surface area contributed by atoms with Gasteiger partial charge in [0.05, 0.1) is 6.61 Å². The van der Waals surface area contributed by atoms with E-state index >= 15 is 0 Å². The van der Waals surface area contributed by atoms with E-state index in [9.17, 15) is 0 Å². The fourth-order valence-corrected chi connectivity index (χ4v) is 3.40. The molecule has 110 valence electrons. The van der Waals surface area contributed by atoms with Crippen LogP contribution in [0.25, 0.3) is 0 Å². The predicted molar refractivity (Wildman–Crippen MR) is 83.1 cm³/mol. The molecule has 1 heterocycles. The molecule has 2 aliphatic rings. The molecule has 2 heteroatoms. The highest BCUT2D eigenvalue weighted by atomic mass is 16.5. The van der Waals surface area contributed by atoms with Gasteiger partial charge in [0.15, 0.2) is 0 Å². The molecule has 0 aromatic heterocycles. The highest BCUT2D eigenvalue weighted by Gasteiger charge is 2.30. The molecule has 1 aliphatic carbocycles. The second kappa shape index (κ2) is 5.77. The van der Waals surface area contributed by atoms with Gasteiger partial charge in [0.2, 0.25) is 0 Å². The molecule has 1 fully saturated rings. The van der Waals surface area contributed by atoms with Gasteiger partial charge in [-0.25, -0.2) is 0 Å². The third-order valence-corrected chi connectivity index (χ3v) is 5.13. The van der Waals surface area contributed by atoms with Gasteiger partial charge in [-0.05, 0) is 55.0 Å². The summed E-state index contributed by atoms with van der Waals surface area (Å²) < 4.78 is 6.13. The first-order valence-corrected chi connectivity index (χ1v) is 8.10. The molecule has 0 atom stereocenters. The third-order valence-electron chi connectivity index (χ3n) is 5.13. The standard InChI is InChI=1S/C18H27NO/c1-14-5-8-18(2,9-6-14)13-20-17-4-3-16-12-19-10-7-15(16)11-17/h3-4,11,14,19H,5-10,12-13H2,1-2H3. The minimum atomic E-state index is 0.379. The van der Waals surface area contributed by atoms with Crippen LogP contribution in [-0.2, 0) is 13.0 Å². The molecule has 0 unspecified atom stereocenters. The minimum absolute atomic E-state index is 0.379. The smallest absolute Gasteiger partial charge is 0.119 e. The quantitative estimate of drug-likeness (QED) is 0.901. The van der Waals surface area contributed by atoms with Crippen LogP contribution >= 0.6 is 0 Å². The van der Waals surface area contributed by atoms with E-state index in [1.54, 1.807) is 0 Å². The first-order valence-electron chi connectivity index (χ1n) is 8.10. The highest BCUT2D eigenvalue weighted by Crippen LogP contribution is 2.38. The minimum Gasteiger partial charge on any atom is -0.493 e. The largest absolute Gasteiger partial charge is 0.493 e. The molecule has 1 aliphatic heterocycles. The summed E-state index contributed by atoms with van der Waals surface area (Å²) in [6.45, 7) is 7.73. The number of nitrogens with one attached hydrogen (secondary N) is 1. The van der Waals surface area contributed by atoms with Crippen molar-refractivity contribution < 1.29 is 4.74 Å². The number of hydrogen-bond donors (Lipinski definition) is 1. The second-order valence-electron chi connectivity index (χ2n) is 7.14. The van der Waals surface area contributed by atoms with Crippen molar-refractivity contribution in [2.24, 2.45) is 11.3 Å². The summed E-state index contributed by atoms with van der Waals surface area (Å²) in [5, 5.41) is 3.41. The number of benzene rings is 1. The Morgan fingerprint density at radius 3 is 2.85 bits per heavy atom. The van der Waals surface area contributed by atoms with Crippen LogP contribution in [0, 0.1) is 11.3 Å². The van der Waals surface area contributed by atoms with Crippen LogP contribution in [0.5, 0.6) is 5.75 Å². The van der Waals surface area contributed by atoms with Crippen molar-refractivity contribution in [3.8, 4) is 5.75 Å². The first kappa shape index (κ1) is 13.9. The van der Waals surface area contributed by atoms with E-state index in [-0.39, 0.29) is 0 Å². The zero-order chi connectivity index (χ0) is 14.0. The monoisotopic (exact) mass is 273 g/mol. The maximum Gasteiger partial charge on any atom is 0.119 e. The van der Waals surface area contributed by atoms with E-state index < -0.39 is 0 Å². The average molecular weight is 273 g/mol. The van der Waals surface area contributed by atoms with Crippen molar-refractivity contribution in [1.82, 2.24) is 5.32 Å². The Balaban J connectivity index is 1.61. The molecule has 1 aromatic rings. The molecule has 0 spiro atoms. The van der Waals surface area contributed by atoms with Crippen LogP contribution in [0.3, 0.4) is 0 Å². The lowest BCUT2D eigenvalue weighted by Crippen LogP contribution is -2.30. The Morgan fingerprint density at radius 1 is 1.25 bits per heavy atom. The summed E-state index contributed by atoms with van der Waals surface area (Å²) in [7, 11) is 0. The Bertz CT molecular complexity index is 460. The summed E-state index contributed by atoms with van der Waals surface area (Å²) in [6, 6.07) is 6.62. The topological polar surface area (TPSA) is 21.3 Å². The summed E-state index contributed by atoms with van der Waals surface area (Å²) in [4.78, 5) is 0. The Morgan fingerprint density at radius 2 is 2.05 bits per heavy atom. The van der Waals surface area contributed by atoms with Gasteiger partial charge in [0.1, 0.15) is 5.75 Å². The molecular weight excluding hydrogens is 246 g/mol. The SMILES string of the molecule is CC1CCC(C)(COc2ccc3c(c2)CCNC3)CC1. The number of ether oxygens (including phenoxy) is 1. The van der Waals surface area contributed by atoms with Crippen molar-refractivity contribution in [2.45, 2.75) is 52.5 Å². The van der Waals surface area contributed by atoms with Crippen LogP contribution in [0.15, 0.2) is 18.2 Å². The number of fused-ring (bicyclic) bond motifs is 1. The second-order valence-corrected chi connectivity index (χ2v) is 7.14. The maximum absolute atomic E-state index is 6.13. The Kier molecular flexibility index (Phi) is 4.02. The molecule has 0 saturated heterocycles. The van der Waals surface area contributed by atoms with Gasteiger partial charge in [0, 0.05) is 12.0 Å². The molecule has 2 nitrogen and oxygen atoms in total. The maximum atomic E-state index is 6.13. The van der Waals surface area contributed by atoms with E-state index in [0.717, 1.165) is 37.8 Å². The molecule has 1 N–H and O–H groups in total. The van der Waals surface area contributed by atoms with Crippen LogP contribution in [0.2, 0.25) is 0 Å². The van der Waals surface area contributed by atoms with Crippen molar-refractivity contribution in [3.63, 3.8) is 0 Å².